The van der Waals surface area contributed by atoms with Crippen molar-refractivity contribution in [3.8, 4) is 0 Å². The number of carbonyl (C=O) groups excluding carboxylic acids is 2. The first-order valence-corrected chi connectivity index (χ1v) is 9.99. The van der Waals surface area contributed by atoms with Crippen molar-refractivity contribution in [3.05, 3.63) is 75.3 Å². The quantitative estimate of drug-likeness (QED) is 0.287. The molecule has 1 fully saturated rings. The van der Waals surface area contributed by atoms with Crippen LogP contribution in [0.3, 0.4) is 0 Å². The second-order valence-electron chi connectivity index (χ2n) is 6.76. The molecule has 0 radical (unpaired) electrons. The zero-order valence-corrected chi connectivity index (χ0v) is 17.0. The van der Waals surface area contributed by atoms with Crippen molar-refractivity contribution in [1.82, 2.24) is 4.90 Å². The fourth-order valence-electron chi connectivity index (χ4n) is 3.43. The molecule has 4 nitrogen and oxygen atoms in total. The van der Waals surface area contributed by atoms with Crippen LogP contribution in [0.25, 0.3) is 5.76 Å². The van der Waals surface area contributed by atoms with Gasteiger partial charge in [-0.2, -0.15) is 0 Å². The van der Waals surface area contributed by atoms with Gasteiger partial charge in [-0.25, -0.2) is 0 Å². The number of aliphatic hydroxyl groups is 1. The normalized spacial score (nSPS) is 18.7. The summed E-state index contributed by atoms with van der Waals surface area (Å²) in [5, 5.41) is 11.9. The van der Waals surface area contributed by atoms with Gasteiger partial charge in [0.15, 0.2) is 0 Å². The minimum atomic E-state index is -0.686. The molecule has 0 saturated carbocycles. The molecule has 0 aliphatic carbocycles. The Labute approximate surface area is 174 Å². The summed E-state index contributed by atoms with van der Waals surface area (Å²) in [6.07, 6.45) is 2.73. The summed E-state index contributed by atoms with van der Waals surface area (Å²) >= 11 is 12.0. The van der Waals surface area contributed by atoms with Crippen LogP contribution in [0.15, 0.2) is 54.1 Å². The van der Waals surface area contributed by atoms with E-state index in [2.05, 4.69) is 6.92 Å². The highest BCUT2D eigenvalue weighted by atomic mass is 35.5. The summed E-state index contributed by atoms with van der Waals surface area (Å²) < 4.78 is 0. The average Bonchev–Trinajstić information content (AvgIpc) is 2.93. The van der Waals surface area contributed by atoms with E-state index in [1.54, 1.807) is 48.5 Å². The smallest absolute Gasteiger partial charge is 0.295 e. The maximum atomic E-state index is 12.8. The Balaban J connectivity index is 2.12. The van der Waals surface area contributed by atoms with E-state index < -0.39 is 17.7 Å². The van der Waals surface area contributed by atoms with Gasteiger partial charge in [0.25, 0.3) is 11.7 Å². The minimum Gasteiger partial charge on any atom is -0.507 e. The highest BCUT2D eigenvalue weighted by molar-refractivity contribution is 6.46. The number of benzene rings is 2. The van der Waals surface area contributed by atoms with E-state index in [0.717, 1.165) is 24.8 Å². The fourth-order valence-corrected chi connectivity index (χ4v) is 3.74. The lowest BCUT2D eigenvalue weighted by molar-refractivity contribution is -0.139. The van der Waals surface area contributed by atoms with Crippen LogP contribution in [-0.4, -0.2) is 28.2 Å². The van der Waals surface area contributed by atoms with Crippen LogP contribution in [0.2, 0.25) is 10.0 Å². The van der Waals surface area contributed by atoms with E-state index >= 15 is 0 Å². The highest BCUT2D eigenvalue weighted by Gasteiger charge is 2.45. The first kappa shape index (κ1) is 20.4. The first-order valence-electron chi connectivity index (χ1n) is 9.24. The lowest BCUT2D eigenvalue weighted by Crippen LogP contribution is -2.30. The third kappa shape index (κ3) is 4.08. The predicted octanol–water partition coefficient (Wildman–Crippen LogP) is 5.61. The van der Waals surface area contributed by atoms with Crippen molar-refractivity contribution >= 4 is 40.7 Å². The second kappa shape index (κ2) is 8.80. The van der Waals surface area contributed by atoms with Crippen LogP contribution < -0.4 is 0 Å². The SMILES string of the molecule is CCCCCN1C(=O)C(=O)/C(=C(\O)c2cccc(Cl)c2)C1c1ccc(Cl)cc1. The van der Waals surface area contributed by atoms with Gasteiger partial charge in [0, 0.05) is 22.2 Å². The van der Waals surface area contributed by atoms with Gasteiger partial charge in [-0.3, -0.25) is 9.59 Å². The molecule has 2 aromatic rings. The second-order valence-corrected chi connectivity index (χ2v) is 7.63. The lowest BCUT2D eigenvalue weighted by Gasteiger charge is -2.25. The molecule has 1 N–H and O–H groups in total. The van der Waals surface area contributed by atoms with E-state index in [-0.39, 0.29) is 11.3 Å². The number of Topliss-reactive ketones (excluding diaryl/α,β-unsaturated/α-hetero) is 1. The zero-order chi connectivity index (χ0) is 20.3. The van der Waals surface area contributed by atoms with E-state index in [0.29, 0.717) is 22.2 Å². The molecule has 0 bridgehead atoms. The van der Waals surface area contributed by atoms with E-state index in [4.69, 9.17) is 23.2 Å². The maximum Gasteiger partial charge on any atom is 0.295 e. The van der Waals surface area contributed by atoms with Crippen molar-refractivity contribution in [2.75, 3.05) is 6.54 Å². The van der Waals surface area contributed by atoms with Gasteiger partial charge in [0.05, 0.1) is 11.6 Å². The Morgan fingerprint density at radius 2 is 1.75 bits per heavy atom. The zero-order valence-electron chi connectivity index (χ0n) is 15.5. The Bertz CT molecular complexity index is 922. The van der Waals surface area contributed by atoms with Crippen LogP contribution in [0.1, 0.15) is 43.4 Å². The summed E-state index contributed by atoms with van der Waals surface area (Å²) in [5.41, 5.74) is 1.20. The largest absolute Gasteiger partial charge is 0.507 e. The number of carbonyl (C=O) groups is 2. The van der Waals surface area contributed by atoms with E-state index in [1.165, 1.54) is 4.90 Å². The molecular formula is C22H21Cl2NO3. The molecule has 1 atom stereocenters. The number of halogens is 2. The van der Waals surface area contributed by atoms with Gasteiger partial charge in [-0.05, 0) is 36.2 Å². The van der Waals surface area contributed by atoms with Crippen molar-refractivity contribution in [1.29, 1.82) is 0 Å². The van der Waals surface area contributed by atoms with E-state index in [9.17, 15) is 14.7 Å². The lowest BCUT2D eigenvalue weighted by atomic mass is 9.95. The molecular weight excluding hydrogens is 397 g/mol. The number of amides is 1. The summed E-state index contributed by atoms with van der Waals surface area (Å²) in [6, 6.07) is 12.9. The Morgan fingerprint density at radius 1 is 1.04 bits per heavy atom. The molecule has 0 spiro atoms. The number of likely N-dealkylation sites (tertiary alicyclic amines) is 1. The van der Waals surface area contributed by atoms with Gasteiger partial charge in [0.2, 0.25) is 0 Å². The summed E-state index contributed by atoms with van der Waals surface area (Å²) in [6.45, 7) is 2.52. The third-order valence-corrected chi connectivity index (χ3v) is 5.31. The van der Waals surface area contributed by atoms with Crippen molar-refractivity contribution < 1.29 is 14.7 Å². The van der Waals surface area contributed by atoms with Gasteiger partial charge in [0.1, 0.15) is 5.76 Å². The molecule has 28 heavy (non-hydrogen) atoms. The number of aliphatic hydroxyl groups excluding tert-OH is 1. The Kier molecular flexibility index (Phi) is 6.42. The molecule has 1 aliphatic heterocycles. The van der Waals surface area contributed by atoms with Crippen molar-refractivity contribution in [3.63, 3.8) is 0 Å². The van der Waals surface area contributed by atoms with Gasteiger partial charge < -0.3 is 10.0 Å². The molecule has 6 heteroatoms. The summed E-state index contributed by atoms with van der Waals surface area (Å²) in [5.74, 6) is -1.51. The van der Waals surface area contributed by atoms with Crippen LogP contribution >= 0.6 is 23.2 Å². The van der Waals surface area contributed by atoms with Crippen molar-refractivity contribution in [2.45, 2.75) is 32.2 Å². The first-order chi connectivity index (χ1) is 13.4. The van der Waals surface area contributed by atoms with Gasteiger partial charge in [-0.15, -0.1) is 0 Å². The van der Waals surface area contributed by atoms with Crippen LogP contribution in [0.4, 0.5) is 0 Å². The summed E-state index contributed by atoms with van der Waals surface area (Å²) in [4.78, 5) is 27.1. The van der Waals surface area contributed by atoms with Crippen LogP contribution in [0, 0.1) is 0 Å². The summed E-state index contributed by atoms with van der Waals surface area (Å²) in [7, 11) is 0. The topological polar surface area (TPSA) is 57.6 Å². The molecule has 1 aliphatic rings. The average molecular weight is 418 g/mol. The third-order valence-electron chi connectivity index (χ3n) is 4.83. The number of hydrogen-bond donors (Lipinski definition) is 1. The van der Waals surface area contributed by atoms with Gasteiger partial charge >= 0.3 is 0 Å². The Hall–Kier alpha value is -2.30. The molecule has 146 valence electrons. The fraction of sp³-hybridized carbons (Fsp3) is 0.273. The molecule has 2 aromatic carbocycles. The number of ketones is 1. The Morgan fingerprint density at radius 3 is 2.39 bits per heavy atom. The molecule has 1 heterocycles. The molecule has 0 aromatic heterocycles. The van der Waals surface area contributed by atoms with E-state index in [1.807, 2.05) is 0 Å². The maximum absolute atomic E-state index is 12.8. The predicted molar refractivity (Wildman–Crippen MR) is 111 cm³/mol. The van der Waals surface area contributed by atoms with Gasteiger partial charge in [-0.1, -0.05) is 67.2 Å². The minimum absolute atomic E-state index is 0.0751. The number of hydrogen-bond acceptors (Lipinski definition) is 3. The van der Waals surface area contributed by atoms with Crippen molar-refractivity contribution in [2.24, 2.45) is 0 Å². The number of nitrogens with zero attached hydrogens (tertiary/aromatic N) is 1. The molecule has 1 amide bonds. The van der Waals surface area contributed by atoms with Crippen LogP contribution in [0.5, 0.6) is 0 Å². The van der Waals surface area contributed by atoms with Crippen LogP contribution in [-0.2, 0) is 9.59 Å². The highest BCUT2D eigenvalue weighted by Crippen LogP contribution is 2.40. The molecule has 1 unspecified atom stereocenters. The number of unbranched alkanes of at least 4 members (excludes halogenated alkanes) is 2. The number of rotatable bonds is 6. The molecule has 1 saturated heterocycles. The monoisotopic (exact) mass is 417 g/mol. The standard InChI is InChI=1S/C22H21Cl2NO3/c1-2-3-4-12-25-19(14-8-10-16(23)11-9-14)18(21(27)22(25)28)20(26)15-6-5-7-17(24)13-15/h5-11,13,19,26H,2-4,12H2,1H3/b20-18-. The molecule has 3 rings (SSSR count).